The molecular formula is C26H19N5O6S. The number of imide groups is 1. The lowest BCUT2D eigenvalue weighted by molar-refractivity contribution is 0.0879. The van der Waals surface area contributed by atoms with E-state index in [0.29, 0.717) is 33.4 Å². The highest BCUT2D eigenvalue weighted by Gasteiger charge is 2.26. The van der Waals surface area contributed by atoms with Crippen molar-refractivity contribution in [3.8, 4) is 5.75 Å². The van der Waals surface area contributed by atoms with Crippen LogP contribution in [0.15, 0.2) is 86.0 Å². The highest BCUT2D eigenvalue weighted by atomic mass is 32.2. The summed E-state index contributed by atoms with van der Waals surface area (Å²) >= 11 is 0. The fourth-order valence-electron chi connectivity index (χ4n) is 4.02. The maximum absolute atomic E-state index is 12.0. The van der Waals surface area contributed by atoms with E-state index in [1.807, 2.05) is 6.92 Å². The van der Waals surface area contributed by atoms with Gasteiger partial charge in [-0.05, 0) is 67.3 Å². The summed E-state index contributed by atoms with van der Waals surface area (Å²) in [6, 6.07) is 15.6. The summed E-state index contributed by atoms with van der Waals surface area (Å²) < 4.78 is 33.8. The molecule has 0 unspecified atom stereocenters. The number of azo groups is 2. The Morgan fingerprint density at radius 3 is 2.18 bits per heavy atom. The van der Waals surface area contributed by atoms with Crippen LogP contribution in [0.25, 0.3) is 10.8 Å². The number of nitrogens with one attached hydrogen (secondary N) is 1. The number of aromatic hydroxyl groups is 1. The van der Waals surface area contributed by atoms with Gasteiger partial charge in [-0.3, -0.25) is 19.5 Å². The number of rotatable bonds is 5. The molecule has 2 amide bonds. The normalized spacial score (nSPS) is 13.6. The zero-order valence-corrected chi connectivity index (χ0v) is 20.8. The number of aryl methyl sites for hydroxylation is 2. The van der Waals surface area contributed by atoms with Crippen molar-refractivity contribution in [1.82, 2.24) is 5.32 Å². The zero-order valence-electron chi connectivity index (χ0n) is 20.0. The van der Waals surface area contributed by atoms with Gasteiger partial charge in [0, 0.05) is 5.39 Å². The lowest BCUT2D eigenvalue weighted by Gasteiger charge is -2.09. The second kappa shape index (κ2) is 9.25. The van der Waals surface area contributed by atoms with Gasteiger partial charge in [0.05, 0.1) is 28.2 Å². The molecule has 11 nitrogen and oxygen atoms in total. The SMILES string of the molecule is Cc1ccc2c(O)c(N=Nc3ccc(N=Nc4ccc5c(c4)C(=O)NC5=O)c(C)c3)c(S(=O)(=O)O)cc2c1. The van der Waals surface area contributed by atoms with Crippen molar-refractivity contribution in [2.24, 2.45) is 20.5 Å². The third-order valence-corrected chi connectivity index (χ3v) is 6.79. The number of hydrogen-bond acceptors (Lipinski definition) is 9. The summed E-state index contributed by atoms with van der Waals surface area (Å²) in [6.45, 7) is 3.57. The van der Waals surface area contributed by atoms with Gasteiger partial charge in [0.15, 0.2) is 5.75 Å². The molecule has 5 rings (SSSR count). The monoisotopic (exact) mass is 529 g/mol. The van der Waals surface area contributed by atoms with E-state index in [1.165, 1.54) is 18.2 Å². The first-order valence-corrected chi connectivity index (χ1v) is 12.6. The van der Waals surface area contributed by atoms with Crippen molar-refractivity contribution in [2.45, 2.75) is 18.7 Å². The van der Waals surface area contributed by atoms with Crippen LogP contribution in [0.4, 0.5) is 22.7 Å². The molecule has 190 valence electrons. The Morgan fingerprint density at radius 1 is 0.763 bits per heavy atom. The summed E-state index contributed by atoms with van der Waals surface area (Å²) in [6.07, 6.45) is 0. The van der Waals surface area contributed by atoms with Crippen LogP contribution >= 0.6 is 0 Å². The first-order chi connectivity index (χ1) is 18.0. The van der Waals surface area contributed by atoms with Crippen LogP contribution in [0.3, 0.4) is 0 Å². The van der Waals surface area contributed by atoms with E-state index in [2.05, 4.69) is 25.8 Å². The third kappa shape index (κ3) is 4.65. The van der Waals surface area contributed by atoms with Crippen LogP contribution in [0.1, 0.15) is 31.8 Å². The Balaban J connectivity index is 1.45. The zero-order chi connectivity index (χ0) is 27.2. The molecule has 0 fully saturated rings. The van der Waals surface area contributed by atoms with Gasteiger partial charge < -0.3 is 5.11 Å². The predicted molar refractivity (Wildman–Crippen MR) is 138 cm³/mol. The van der Waals surface area contributed by atoms with Gasteiger partial charge in [-0.1, -0.05) is 23.8 Å². The Labute approximate surface area is 216 Å². The summed E-state index contributed by atoms with van der Waals surface area (Å²) in [4.78, 5) is 23.0. The van der Waals surface area contributed by atoms with Gasteiger partial charge in [-0.25, -0.2) is 0 Å². The number of phenols is 1. The molecule has 1 heterocycles. The van der Waals surface area contributed by atoms with E-state index in [1.54, 1.807) is 49.4 Å². The summed E-state index contributed by atoms with van der Waals surface area (Å²) in [5.41, 5.74) is 2.84. The highest BCUT2D eigenvalue weighted by Crippen LogP contribution is 2.41. The second-order valence-electron chi connectivity index (χ2n) is 8.66. The quantitative estimate of drug-likeness (QED) is 0.160. The van der Waals surface area contributed by atoms with Crippen LogP contribution < -0.4 is 5.32 Å². The van der Waals surface area contributed by atoms with Crippen molar-refractivity contribution >= 4 is 55.5 Å². The Morgan fingerprint density at radius 2 is 1.45 bits per heavy atom. The van der Waals surface area contributed by atoms with Crippen molar-refractivity contribution in [3.05, 3.63) is 82.9 Å². The van der Waals surface area contributed by atoms with Gasteiger partial charge in [0.25, 0.3) is 21.9 Å². The molecule has 1 aliphatic rings. The van der Waals surface area contributed by atoms with Crippen LogP contribution in [0.2, 0.25) is 0 Å². The van der Waals surface area contributed by atoms with Crippen molar-refractivity contribution in [1.29, 1.82) is 0 Å². The molecule has 0 atom stereocenters. The van der Waals surface area contributed by atoms with E-state index < -0.39 is 32.6 Å². The molecule has 0 saturated carbocycles. The number of carbonyl (C=O) groups excluding carboxylic acids is 2. The van der Waals surface area contributed by atoms with E-state index in [0.717, 1.165) is 5.56 Å². The number of fused-ring (bicyclic) bond motifs is 2. The first-order valence-electron chi connectivity index (χ1n) is 11.2. The largest absolute Gasteiger partial charge is 0.505 e. The lowest BCUT2D eigenvalue weighted by atomic mass is 10.1. The maximum atomic E-state index is 12.0. The number of benzene rings is 4. The summed E-state index contributed by atoms with van der Waals surface area (Å²) in [5, 5.41) is 30.0. The molecule has 3 N–H and O–H groups in total. The molecule has 0 bridgehead atoms. The van der Waals surface area contributed by atoms with Crippen LogP contribution in [0, 0.1) is 13.8 Å². The first kappa shape index (κ1) is 24.9. The van der Waals surface area contributed by atoms with Crippen LogP contribution in [0.5, 0.6) is 5.75 Å². The molecule has 4 aromatic carbocycles. The standard InChI is InChI=1S/C26H19N5O6S/c1-13-3-6-18-15(9-13)11-22(38(35,36)37)23(24(18)32)31-29-16-5-8-21(14(2)10-16)30-28-17-4-7-19-20(12-17)26(34)27-25(19)33/h3-12,32H,1-2H3,(H,27,33,34)(H,35,36,37). The van der Waals surface area contributed by atoms with E-state index in [9.17, 15) is 27.7 Å². The van der Waals surface area contributed by atoms with Crippen molar-refractivity contribution < 1.29 is 27.7 Å². The summed E-state index contributed by atoms with van der Waals surface area (Å²) in [5.74, 6) is -1.37. The molecule has 4 aromatic rings. The Bertz CT molecular complexity index is 1850. The molecule has 0 radical (unpaired) electrons. The van der Waals surface area contributed by atoms with E-state index >= 15 is 0 Å². The van der Waals surface area contributed by atoms with Crippen LogP contribution in [-0.2, 0) is 10.1 Å². The molecular weight excluding hydrogens is 510 g/mol. The fraction of sp³-hybridized carbons (Fsp3) is 0.0769. The number of amides is 2. The van der Waals surface area contributed by atoms with Gasteiger partial charge in [0.2, 0.25) is 0 Å². The number of hydrogen-bond donors (Lipinski definition) is 3. The lowest BCUT2D eigenvalue weighted by Crippen LogP contribution is -2.19. The van der Waals surface area contributed by atoms with E-state index in [4.69, 9.17) is 0 Å². The van der Waals surface area contributed by atoms with Gasteiger partial charge >= 0.3 is 0 Å². The average Bonchev–Trinajstić information content (AvgIpc) is 3.14. The second-order valence-corrected chi connectivity index (χ2v) is 10.0. The van der Waals surface area contributed by atoms with Crippen molar-refractivity contribution in [2.75, 3.05) is 0 Å². The van der Waals surface area contributed by atoms with Gasteiger partial charge in [0.1, 0.15) is 10.6 Å². The Kier molecular flexibility index (Phi) is 6.05. The molecule has 38 heavy (non-hydrogen) atoms. The molecule has 0 spiro atoms. The highest BCUT2D eigenvalue weighted by molar-refractivity contribution is 7.86. The number of carbonyl (C=O) groups is 2. The Hall–Kier alpha value is -4.81. The predicted octanol–water partition coefficient (Wildman–Crippen LogP) is 6.12. The summed E-state index contributed by atoms with van der Waals surface area (Å²) in [7, 11) is -4.71. The van der Waals surface area contributed by atoms with Gasteiger partial charge in [-0.15, -0.1) is 5.11 Å². The minimum atomic E-state index is -4.71. The van der Waals surface area contributed by atoms with Crippen LogP contribution in [-0.4, -0.2) is 29.9 Å². The smallest absolute Gasteiger partial charge is 0.296 e. The number of nitrogens with zero attached hydrogens (tertiary/aromatic N) is 4. The molecule has 0 aliphatic carbocycles. The number of phenolic OH excluding ortho intramolecular Hbond substituents is 1. The molecule has 0 aromatic heterocycles. The maximum Gasteiger partial charge on any atom is 0.296 e. The third-order valence-electron chi connectivity index (χ3n) is 5.92. The minimum absolute atomic E-state index is 0.232. The van der Waals surface area contributed by atoms with E-state index in [-0.39, 0.29) is 16.8 Å². The average molecular weight is 530 g/mol. The fourth-order valence-corrected chi connectivity index (χ4v) is 4.67. The molecule has 1 aliphatic heterocycles. The minimum Gasteiger partial charge on any atom is -0.505 e. The topological polar surface area (TPSA) is 170 Å². The van der Waals surface area contributed by atoms with Crippen molar-refractivity contribution in [3.63, 3.8) is 0 Å². The molecule has 0 saturated heterocycles. The molecule has 12 heteroatoms. The van der Waals surface area contributed by atoms with Gasteiger partial charge in [-0.2, -0.15) is 23.8 Å².